The molecule has 1 aromatic carbocycles. The Morgan fingerprint density at radius 2 is 2.10 bits per heavy atom. The largest absolute Gasteiger partial charge is 0.493 e. The van der Waals surface area contributed by atoms with Gasteiger partial charge < -0.3 is 14.4 Å². The lowest BCUT2D eigenvalue weighted by Gasteiger charge is -2.28. The Labute approximate surface area is 125 Å². The maximum atomic E-state index is 5.64. The average molecular weight is 284 g/mol. The van der Waals surface area contributed by atoms with Crippen LogP contribution in [0.15, 0.2) is 24.5 Å². The predicted molar refractivity (Wildman–Crippen MR) is 86.1 cm³/mol. The fraction of sp³-hybridized carbons (Fsp3) is 0.353. The van der Waals surface area contributed by atoms with Gasteiger partial charge in [-0.25, -0.2) is 0 Å². The minimum atomic E-state index is 0.758. The number of anilines is 1. The normalized spacial score (nSPS) is 12.8. The molecule has 4 heteroatoms. The number of hydrogen-bond acceptors (Lipinski definition) is 4. The highest BCUT2D eigenvalue weighted by Crippen LogP contribution is 2.46. The standard InChI is InChI=1S/C17H20N2O2/c1-4-5-9-19-10-7-13-15-12(6-8-18-13)11-14(20-2)17(21-3)16(15)19/h6-8,10-11H,4-5,9H2,1-3H3. The van der Waals surface area contributed by atoms with Crippen molar-refractivity contribution in [3.05, 3.63) is 30.2 Å². The first-order chi connectivity index (χ1) is 10.3. The van der Waals surface area contributed by atoms with E-state index >= 15 is 0 Å². The molecule has 0 N–H and O–H groups in total. The molecule has 0 atom stereocenters. The van der Waals surface area contributed by atoms with Crippen LogP contribution >= 0.6 is 0 Å². The van der Waals surface area contributed by atoms with Crippen LogP contribution in [0, 0.1) is 0 Å². The van der Waals surface area contributed by atoms with Crippen LogP contribution < -0.4 is 14.4 Å². The number of unbranched alkanes of at least 4 members (excludes halogenated alkanes) is 1. The predicted octanol–water partition coefficient (Wildman–Crippen LogP) is 3.84. The summed E-state index contributed by atoms with van der Waals surface area (Å²) in [5.74, 6) is 1.54. The number of hydrogen-bond donors (Lipinski definition) is 0. The van der Waals surface area contributed by atoms with Crippen LogP contribution in [-0.2, 0) is 0 Å². The van der Waals surface area contributed by atoms with Gasteiger partial charge in [-0.15, -0.1) is 0 Å². The van der Waals surface area contributed by atoms with Crippen molar-refractivity contribution in [2.24, 2.45) is 0 Å². The Morgan fingerprint density at radius 3 is 2.81 bits per heavy atom. The fourth-order valence-corrected chi connectivity index (χ4v) is 2.81. The molecule has 0 bridgehead atoms. The van der Waals surface area contributed by atoms with E-state index in [9.17, 15) is 0 Å². The van der Waals surface area contributed by atoms with Gasteiger partial charge in [0.15, 0.2) is 11.5 Å². The zero-order chi connectivity index (χ0) is 14.8. The molecule has 2 heterocycles. The van der Waals surface area contributed by atoms with E-state index < -0.39 is 0 Å². The van der Waals surface area contributed by atoms with Gasteiger partial charge in [-0.2, -0.15) is 0 Å². The van der Waals surface area contributed by atoms with Crippen molar-refractivity contribution in [1.82, 2.24) is 4.98 Å². The summed E-state index contributed by atoms with van der Waals surface area (Å²) in [6, 6.07) is 4.03. The second-order valence-electron chi connectivity index (χ2n) is 5.12. The van der Waals surface area contributed by atoms with E-state index in [2.05, 4.69) is 29.1 Å². The molecule has 0 unspecified atom stereocenters. The third-order valence-corrected chi connectivity index (χ3v) is 3.85. The third kappa shape index (κ3) is 2.20. The maximum absolute atomic E-state index is 5.64. The number of nitrogens with zero attached hydrogens (tertiary/aromatic N) is 2. The first-order valence-corrected chi connectivity index (χ1v) is 7.28. The lowest BCUT2D eigenvalue weighted by atomic mass is 10.0. The summed E-state index contributed by atoms with van der Waals surface area (Å²) in [4.78, 5) is 6.71. The molecule has 0 radical (unpaired) electrons. The molecule has 1 aromatic heterocycles. The SMILES string of the molecule is CCCCN1C=Cc2nccc3cc(OC)c(OC)c1c23. The quantitative estimate of drug-likeness (QED) is 0.835. The topological polar surface area (TPSA) is 34.6 Å². The summed E-state index contributed by atoms with van der Waals surface area (Å²) < 4.78 is 11.1. The summed E-state index contributed by atoms with van der Waals surface area (Å²) in [6.45, 7) is 3.15. The summed E-state index contributed by atoms with van der Waals surface area (Å²) in [5, 5.41) is 2.26. The molecule has 1 aliphatic rings. The van der Waals surface area contributed by atoms with Crippen molar-refractivity contribution in [2.75, 3.05) is 25.7 Å². The van der Waals surface area contributed by atoms with E-state index in [4.69, 9.17) is 9.47 Å². The number of aromatic nitrogens is 1. The van der Waals surface area contributed by atoms with Crippen LogP contribution in [0.25, 0.3) is 16.8 Å². The molecule has 4 nitrogen and oxygen atoms in total. The molecule has 0 saturated heterocycles. The molecular formula is C17H20N2O2. The van der Waals surface area contributed by atoms with E-state index in [-0.39, 0.29) is 0 Å². The zero-order valence-electron chi connectivity index (χ0n) is 12.7. The Morgan fingerprint density at radius 1 is 1.24 bits per heavy atom. The maximum Gasteiger partial charge on any atom is 0.185 e. The van der Waals surface area contributed by atoms with E-state index in [0.29, 0.717) is 0 Å². The molecule has 3 rings (SSSR count). The van der Waals surface area contributed by atoms with Crippen molar-refractivity contribution >= 4 is 22.5 Å². The van der Waals surface area contributed by atoms with Crippen molar-refractivity contribution in [3.8, 4) is 11.5 Å². The number of ether oxygens (including phenoxy) is 2. The van der Waals surface area contributed by atoms with Gasteiger partial charge in [-0.05, 0) is 30.0 Å². The fourth-order valence-electron chi connectivity index (χ4n) is 2.81. The van der Waals surface area contributed by atoms with Crippen LogP contribution in [0.4, 0.5) is 5.69 Å². The van der Waals surface area contributed by atoms with Crippen molar-refractivity contribution in [3.63, 3.8) is 0 Å². The van der Waals surface area contributed by atoms with Gasteiger partial charge in [-0.1, -0.05) is 13.3 Å². The molecule has 0 fully saturated rings. The Kier molecular flexibility index (Phi) is 3.69. The average Bonchev–Trinajstić information content (AvgIpc) is 2.53. The minimum absolute atomic E-state index is 0.758. The zero-order valence-corrected chi connectivity index (χ0v) is 12.7. The second-order valence-corrected chi connectivity index (χ2v) is 5.12. The van der Waals surface area contributed by atoms with Crippen LogP contribution in [-0.4, -0.2) is 25.7 Å². The highest BCUT2D eigenvalue weighted by molar-refractivity contribution is 6.05. The first kappa shape index (κ1) is 13.7. The monoisotopic (exact) mass is 284 g/mol. The van der Waals surface area contributed by atoms with Gasteiger partial charge in [0.05, 0.1) is 25.6 Å². The minimum Gasteiger partial charge on any atom is -0.493 e. The molecule has 0 aliphatic carbocycles. The molecule has 0 amide bonds. The highest BCUT2D eigenvalue weighted by atomic mass is 16.5. The number of methoxy groups -OCH3 is 2. The van der Waals surface area contributed by atoms with Gasteiger partial charge in [0.1, 0.15) is 0 Å². The summed E-state index contributed by atoms with van der Waals surface area (Å²) in [7, 11) is 3.36. The Bertz CT molecular complexity index is 695. The molecule has 1 aliphatic heterocycles. The molecular weight excluding hydrogens is 264 g/mol. The Balaban J connectivity index is 2.27. The van der Waals surface area contributed by atoms with E-state index in [1.807, 2.05) is 18.3 Å². The van der Waals surface area contributed by atoms with Crippen LogP contribution in [0.1, 0.15) is 25.5 Å². The summed E-state index contributed by atoms with van der Waals surface area (Å²) >= 11 is 0. The van der Waals surface area contributed by atoms with Crippen LogP contribution in [0.3, 0.4) is 0 Å². The molecule has 0 spiro atoms. The summed E-state index contributed by atoms with van der Waals surface area (Å²) in [6.07, 6.45) is 8.26. The lowest BCUT2D eigenvalue weighted by Crippen LogP contribution is -2.21. The van der Waals surface area contributed by atoms with Crippen molar-refractivity contribution in [2.45, 2.75) is 19.8 Å². The van der Waals surface area contributed by atoms with Crippen molar-refractivity contribution in [1.29, 1.82) is 0 Å². The number of benzene rings is 1. The Hall–Kier alpha value is -2.23. The van der Waals surface area contributed by atoms with Gasteiger partial charge >= 0.3 is 0 Å². The van der Waals surface area contributed by atoms with Gasteiger partial charge in [0.2, 0.25) is 0 Å². The summed E-state index contributed by atoms with van der Waals surface area (Å²) in [5.41, 5.74) is 2.04. The van der Waals surface area contributed by atoms with E-state index in [1.54, 1.807) is 14.2 Å². The third-order valence-electron chi connectivity index (χ3n) is 3.85. The molecule has 2 aromatic rings. The number of rotatable bonds is 5. The van der Waals surface area contributed by atoms with Gasteiger partial charge in [-0.3, -0.25) is 4.98 Å². The van der Waals surface area contributed by atoms with Crippen LogP contribution in [0.2, 0.25) is 0 Å². The smallest absolute Gasteiger partial charge is 0.185 e. The molecule has 21 heavy (non-hydrogen) atoms. The molecule has 110 valence electrons. The second kappa shape index (κ2) is 5.64. The van der Waals surface area contributed by atoms with Crippen molar-refractivity contribution < 1.29 is 9.47 Å². The number of pyridine rings is 1. The highest BCUT2D eigenvalue weighted by Gasteiger charge is 2.23. The van der Waals surface area contributed by atoms with Crippen LogP contribution in [0.5, 0.6) is 11.5 Å². The van der Waals surface area contributed by atoms with Gasteiger partial charge in [0.25, 0.3) is 0 Å². The van der Waals surface area contributed by atoms with E-state index in [0.717, 1.165) is 53.0 Å². The van der Waals surface area contributed by atoms with Gasteiger partial charge in [0, 0.05) is 24.3 Å². The van der Waals surface area contributed by atoms with E-state index in [1.165, 1.54) is 0 Å². The first-order valence-electron chi connectivity index (χ1n) is 7.28. The lowest BCUT2D eigenvalue weighted by molar-refractivity contribution is 0.356. The molecule has 0 saturated carbocycles.